The quantitative estimate of drug-likeness (QED) is 0.571. The van der Waals surface area contributed by atoms with Crippen LogP contribution in [0.3, 0.4) is 0 Å². The summed E-state index contributed by atoms with van der Waals surface area (Å²) in [4.78, 5) is 2.45. The van der Waals surface area contributed by atoms with Gasteiger partial charge in [-0.15, -0.1) is 0 Å². The van der Waals surface area contributed by atoms with Gasteiger partial charge in [-0.2, -0.15) is 5.10 Å². The van der Waals surface area contributed by atoms with Gasteiger partial charge in [-0.1, -0.05) is 60.3 Å². The van der Waals surface area contributed by atoms with Crippen molar-refractivity contribution in [1.29, 1.82) is 0 Å². The summed E-state index contributed by atoms with van der Waals surface area (Å²) in [5.41, 5.74) is 0.352. The van der Waals surface area contributed by atoms with Gasteiger partial charge in [-0.05, 0) is 24.7 Å². The first-order valence-electron chi connectivity index (χ1n) is 8.54. The van der Waals surface area contributed by atoms with E-state index in [0.717, 1.165) is 13.1 Å². The van der Waals surface area contributed by atoms with Gasteiger partial charge in [-0.3, -0.25) is 5.01 Å². The molecule has 0 radical (unpaired) electrons. The average molecular weight is 281 g/mol. The van der Waals surface area contributed by atoms with Crippen molar-refractivity contribution < 1.29 is 0 Å². The lowest BCUT2D eigenvalue weighted by Gasteiger charge is -2.35. The van der Waals surface area contributed by atoms with E-state index in [4.69, 9.17) is 0 Å². The van der Waals surface area contributed by atoms with Crippen LogP contribution in [0.2, 0.25) is 0 Å². The molecule has 0 amide bonds. The van der Waals surface area contributed by atoms with Crippen molar-refractivity contribution in [1.82, 2.24) is 9.91 Å². The predicted octanol–water partition coefficient (Wildman–Crippen LogP) is 4.69. The molecule has 1 aliphatic rings. The summed E-state index contributed by atoms with van der Waals surface area (Å²) in [5.74, 6) is 0. The molecule has 1 unspecified atom stereocenters. The molecule has 1 atom stereocenters. The maximum atomic E-state index is 4.67. The van der Waals surface area contributed by atoms with E-state index in [1.54, 1.807) is 0 Å². The third kappa shape index (κ3) is 6.15. The first-order chi connectivity index (χ1) is 9.48. The Labute approximate surface area is 126 Å². The minimum absolute atomic E-state index is 0.352. The van der Waals surface area contributed by atoms with E-state index in [1.165, 1.54) is 44.9 Å². The topological polar surface area (TPSA) is 18.8 Å². The van der Waals surface area contributed by atoms with E-state index in [-0.39, 0.29) is 0 Å². The summed E-state index contributed by atoms with van der Waals surface area (Å²) >= 11 is 0. The van der Waals surface area contributed by atoms with Crippen molar-refractivity contribution in [3.63, 3.8) is 0 Å². The zero-order valence-electron chi connectivity index (χ0n) is 14.4. The van der Waals surface area contributed by atoms with Gasteiger partial charge in [0.15, 0.2) is 0 Å². The Morgan fingerprint density at radius 2 is 1.65 bits per heavy atom. The Morgan fingerprint density at radius 3 is 2.25 bits per heavy atom. The number of unbranched alkanes of at least 4 members (excludes halogenated alkanes) is 4. The molecule has 1 rings (SSSR count). The molecule has 3 nitrogen and oxygen atoms in total. The molecule has 0 N–H and O–H groups in total. The van der Waals surface area contributed by atoms with E-state index in [0.29, 0.717) is 11.6 Å². The molecule has 0 fully saturated rings. The molecule has 0 aromatic heterocycles. The summed E-state index contributed by atoms with van der Waals surface area (Å²) in [5, 5.41) is 7.00. The molecule has 0 bridgehead atoms. The maximum absolute atomic E-state index is 4.67. The van der Waals surface area contributed by atoms with Gasteiger partial charge in [0, 0.05) is 13.1 Å². The fourth-order valence-corrected chi connectivity index (χ4v) is 2.68. The maximum Gasteiger partial charge on any atom is 0.119 e. The van der Waals surface area contributed by atoms with Crippen LogP contribution in [0.5, 0.6) is 0 Å². The number of rotatable bonds is 9. The fraction of sp³-hybridized carbons (Fsp3) is 0.941. The van der Waals surface area contributed by atoms with Crippen molar-refractivity contribution in [2.24, 2.45) is 10.5 Å². The molecule has 0 saturated heterocycles. The lowest BCUT2D eigenvalue weighted by molar-refractivity contribution is 0.0861. The van der Waals surface area contributed by atoms with Crippen molar-refractivity contribution in [2.45, 2.75) is 85.7 Å². The lowest BCUT2D eigenvalue weighted by Crippen LogP contribution is -2.43. The van der Waals surface area contributed by atoms with E-state index in [9.17, 15) is 0 Å². The first-order valence-corrected chi connectivity index (χ1v) is 8.54. The number of nitrogens with zero attached hydrogens (tertiary/aromatic N) is 3. The molecule has 1 heterocycles. The normalized spacial score (nSPS) is 19.1. The summed E-state index contributed by atoms with van der Waals surface area (Å²) < 4.78 is 0. The van der Waals surface area contributed by atoms with Gasteiger partial charge in [0.1, 0.15) is 12.5 Å². The predicted molar refractivity (Wildman–Crippen MR) is 88.8 cm³/mol. The van der Waals surface area contributed by atoms with Crippen LogP contribution < -0.4 is 0 Å². The molecular formula is C17H35N3. The fourth-order valence-electron chi connectivity index (χ4n) is 2.68. The third-order valence-corrected chi connectivity index (χ3v) is 3.88. The standard InChI is InChI=1S/C17H35N3/c1-6-8-10-11-13-20-16(14-17(3,4)5)19(15-18-20)12-9-7-2/h15-16H,6-14H2,1-5H3. The van der Waals surface area contributed by atoms with Crippen LogP contribution in [-0.4, -0.2) is 35.5 Å². The molecule has 3 heteroatoms. The molecule has 0 saturated carbocycles. The summed E-state index contributed by atoms with van der Waals surface area (Å²) in [6, 6.07) is 0. The van der Waals surface area contributed by atoms with Crippen molar-refractivity contribution in [2.75, 3.05) is 13.1 Å². The van der Waals surface area contributed by atoms with Crippen LogP contribution in [-0.2, 0) is 0 Å². The Morgan fingerprint density at radius 1 is 0.950 bits per heavy atom. The van der Waals surface area contributed by atoms with Crippen LogP contribution in [0.15, 0.2) is 5.10 Å². The van der Waals surface area contributed by atoms with E-state index in [2.05, 4.69) is 56.0 Å². The second kappa shape index (κ2) is 8.53. The molecule has 0 aliphatic carbocycles. The van der Waals surface area contributed by atoms with Gasteiger partial charge >= 0.3 is 0 Å². The highest BCUT2D eigenvalue weighted by molar-refractivity contribution is 5.57. The van der Waals surface area contributed by atoms with E-state index >= 15 is 0 Å². The number of hydrazone groups is 1. The molecule has 118 valence electrons. The highest BCUT2D eigenvalue weighted by Crippen LogP contribution is 2.28. The Kier molecular flexibility index (Phi) is 7.39. The van der Waals surface area contributed by atoms with Gasteiger partial charge in [0.2, 0.25) is 0 Å². The van der Waals surface area contributed by atoms with Crippen molar-refractivity contribution in [3.8, 4) is 0 Å². The highest BCUT2D eigenvalue weighted by Gasteiger charge is 2.30. The summed E-state index contributed by atoms with van der Waals surface area (Å²) in [6.45, 7) is 13.8. The zero-order valence-corrected chi connectivity index (χ0v) is 14.4. The van der Waals surface area contributed by atoms with Crippen molar-refractivity contribution in [3.05, 3.63) is 0 Å². The molecule has 1 aliphatic heterocycles. The second-order valence-electron chi connectivity index (χ2n) is 7.29. The smallest absolute Gasteiger partial charge is 0.119 e. The number of hydrogen-bond donors (Lipinski definition) is 0. The number of hydrogen-bond acceptors (Lipinski definition) is 3. The average Bonchev–Trinajstić information content (AvgIpc) is 2.73. The summed E-state index contributed by atoms with van der Waals surface area (Å²) in [7, 11) is 0. The molecular weight excluding hydrogens is 246 g/mol. The van der Waals surface area contributed by atoms with Crippen LogP contribution in [0.4, 0.5) is 0 Å². The minimum atomic E-state index is 0.352. The van der Waals surface area contributed by atoms with Crippen LogP contribution in [0, 0.1) is 5.41 Å². The highest BCUT2D eigenvalue weighted by atomic mass is 15.6. The molecule has 0 aromatic rings. The largest absolute Gasteiger partial charge is 0.339 e. The molecule has 0 aromatic carbocycles. The third-order valence-electron chi connectivity index (χ3n) is 3.88. The first kappa shape index (κ1) is 17.3. The van der Waals surface area contributed by atoms with Crippen LogP contribution in [0.1, 0.15) is 79.6 Å². The Bertz CT molecular complexity index is 280. The van der Waals surface area contributed by atoms with E-state index < -0.39 is 0 Å². The Balaban J connectivity index is 2.51. The zero-order chi connectivity index (χ0) is 15.0. The van der Waals surface area contributed by atoms with Crippen LogP contribution >= 0.6 is 0 Å². The van der Waals surface area contributed by atoms with Gasteiger partial charge in [-0.25, -0.2) is 0 Å². The molecule has 0 spiro atoms. The lowest BCUT2D eigenvalue weighted by atomic mass is 9.90. The van der Waals surface area contributed by atoms with E-state index in [1.807, 2.05) is 0 Å². The monoisotopic (exact) mass is 281 g/mol. The van der Waals surface area contributed by atoms with Crippen LogP contribution in [0.25, 0.3) is 0 Å². The second-order valence-corrected chi connectivity index (χ2v) is 7.29. The molecule has 20 heavy (non-hydrogen) atoms. The van der Waals surface area contributed by atoms with Gasteiger partial charge in [0.25, 0.3) is 0 Å². The van der Waals surface area contributed by atoms with Gasteiger partial charge in [0.05, 0.1) is 0 Å². The Hall–Kier alpha value is -0.730. The SMILES string of the molecule is CCCCCCN1N=CN(CCCC)C1CC(C)(C)C. The minimum Gasteiger partial charge on any atom is -0.339 e. The summed E-state index contributed by atoms with van der Waals surface area (Å²) in [6.07, 6.45) is 11.5. The van der Waals surface area contributed by atoms with Gasteiger partial charge < -0.3 is 4.90 Å². The van der Waals surface area contributed by atoms with Crippen molar-refractivity contribution >= 4 is 6.34 Å².